The molecule has 0 unspecified atom stereocenters. The summed E-state index contributed by atoms with van der Waals surface area (Å²) in [5.41, 5.74) is 7.73. The molecule has 1 aromatic carbocycles. The maximum Gasteiger partial charge on any atom is 0.150 e. The first-order chi connectivity index (χ1) is 8.70. The van der Waals surface area contributed by atoms with Crippen LogP contribution in [0.2, 0.25) is 0 Å². The quantitative estimate of drug-likeness (QED) is 0.806. The van der Waals surface area contributed by atoms with Crippen LogP contribution in [0.5, 0.6) is 5.75 Å². The first kappa shape index (κ1) is 11.0. The Morgan fingerprint density at radius 3 is 2.50 bits per heavy atom. The van der Waals surface area contributed by atoms with Crippen LogP contribution in [0.1, 0.15) is 24.6 Å². The number of ether oxygens (including phenoxy) is 1. The van der Waals surface area contributed by atoms with Crippen LogP contribution in [-0.4, -0.2) is 16.8 Å². The summed E-state index contributed by atoms with van der Waals surface area (Å²) in [4.78, 5) is 4.57. The number of aromatic nitrogens is 2. The van der Waals surface area contributed by atoms with E-state index in [2.05, 4.69) is 4.98 Å². The van der Waals surface area contributed by atoms with Gasteiger partial charge in [-0.1, -0.05) is 0 Å². The van der Waals surface area contributed by atoms with E-state index in [1.54, 1.807) is 7.11 Å². The Kier molecular flexibility index (Phi) is 2.40. The Bertz CT molecular complexity index is 569. The molecular formula is C13H16N4O. The largest absolute Gasteiger partial charge is 0.497 e. The number of methoxy groups -OCH3 is 1. The van der Waals surface area contributed by atoms with E-state index < -0.39 is 0 Å². The van der Waals surface area contributed by atoms with Crippen LogP contribution in [0.15, 0.2) is 24.3 Å². The number of nitrogens with zero attached hydrogens (tertiary/aromatic N) is 2. The molecule has 18 heavy (non-hydrogen) atoms. The van der Waals surface area contributed by atoms with Gasteiger partial charge in [0.05, 0.1) is 7.11 Å². The number of imidazole rings is 1. The molecule has 1 saturated carbocycles. The van der Waals surface area contributed by atoms with Gasteiger partial charge in [-0.05, 0) is 37.1 Å². The summed E-state index contributed by atoms with van der Waals surface area (Å²) >= 11 is 0. The van der Waals surface area contributed by atoms with E-state index in [9.17, 15) is 0 Å². The van der Waals surface area contributed by atoms with Crippen LogP contribution in [0.4, 0.5) is 5.82 Å². The molecule has 2 aromatic rings. The fourth-order valence-electron chi connectivity index (χ4n) is 2.05. The van der Waals surface area contributed by atoms with E-state index in [0.717, 1.165) is 35.7 Å². The predicted molar refractivity (Wildman–Crippen MR) is 70.8 cm³/mol. The molecule has 3 rings (SSSR count). The molecule has 1 aromatic heterocycles. The van der Waals surface area contributed by atoms with Gasteiger partial charge < -0.3 is 16.3 Å². The Morgan fingerprint density at radius 1 is 1.28 bits per heavy atom. The summed E-state index contributed by atoms with van der Waals surface area (Å²) < 4.78 is 6.64. The van der Waals surface area contributed by atoms with Crippen molar-refractivity contribution < 1.29 is 4.74 Å². The van der Waals surface area contributed by atoms with Gasteiger partial charge in [0.25, 0.3) is 0 Å². The average molecular weight is 244 g/mol. The van der Waals surface area contributed by atoms with Gasteiger partial charge in [-0.2, -0.15) is 0 Å². The van der Waals surface area contributed by atoms with Crippen LogP contribution in [0, 0.1) is 0 Å². The summed E-state index contributed by atoms with van der Waals surface area (Å²) in [6.45, 7) is 0. The number of benzene rings is 1. The monoisotopic (exact) mass is 244 g/mol. The molecule has 1 heterocycles. The van der Waals surface area contributed by atoms with E-state index in [1.165, 1.54) is 4.68 Å². The van der Waals surface area contributed by atoms with E-state index in [1.807, 2.05) is 24.3 Å². The zero-order valence-corrected chi connectivity index (χ0v) is 10.3. The number of nitrogen functional groups attached to an aromatic ring is 2. The highest BCUT2D eigenvalue weighted by Gasteiger charge is 2.30. The lowest BCUT2D eigenvalue weighted by molar-refractivity contribution is 0.415. The van der Waals surface area contributed by atoms with Crippen LogP contribution in [0.25, 0.3) is 11.3 Å². The third-order valence-corrected chi connectivity index (χ3v) is 3.28. The third-order valence-electron chi connectivity index (χ3n) is 3.28. The number of nitrogens with two attached hydrogens (primary N) is 2. The van der Waals surface area contributed by atoms with Gasteiger partial charge in [0, 0.05) is 11.5 Å². The van der Waals surface area contributed by atoms with Crippen LogP contribution in [-0.2, 0) is 0 Å². The molecule has 1 aliphatic rings. The van der Waals surface area contributed by atoms with Crippen molar-refractivity contribution in [3.8, 4) is 17.0 Å². The molecule has 0 saturated heterocycles. The number of hydrogen-bond donors (Lipinski definition) is 2. The molecule has 94 valence electrons. The van der Waals surface area contributed by atoms with Crippen LogP contribution < -0.4 is 16.3 Å². The fraction of sp³-hybridized carbons (Fsp3) is 0.308. The summed E-state index contributed by atoms with van der Waals surface area (Å²) in [6, 6.07) is 7.66. The van der Waals surface area contributed by atoms with Crippen molar-refractivity contribution in [3.63, 3.8) is 0 Å². The normalized spacial score (nSPS) is 14.7. The van der Waals surface area contributed by atoms with Crippen molar-refractivity contribution in [2.75, 3.05) is 18.7 Å². The van der Waals surface area contributed by atoms with Crippen molar-refractivity contribution >= 4 is 5.82 Å². The van der Waals surface area contributed by atoms with Crippen molar-refractivity contribution in [3.05, 3.63) is 30.1 Å². The molecule has 1 fully saturated rings. The second-order valence-electron chi connectivity index (χ2n) is 4.58. The Hall–Kier alpha value is -2.17. The highest BCUT2D eigenvalue weighted by Crippen LogP contribution is 2.41. The van der Waals surface area contributed by atoms with Crippen LogP contribution in [0.3, 0.4) is 0 Å². The lowest BCUT2D eigenvalue weighted by Gasteiger charge is -2.02. The van der Waals surface area contributed by atoms with E-state index in [-0.39, 0.29) is 0 Å². The Morgan fingerprint density at radius 2 is 1.94 bits per heavy atom. The molecule has 0 amide bonds. The lowest BCUT2D eigenvalue weighted by Crippen LogP contribution is -2.14. The van der Waals surface area contributed by atoms with Crippen molar-refractivity contribution in [1.82, 2.24) is 9.66 Å². The second kappa shape index (κ2) is 3.94. The molecule has 0 spiro atoms. The zero-order chi connectivity index (χ0) is 12.7. The molecule has 0 aliphatic heterocycles. The first-order valence-electron chi connectivity index (χ1n) is 5.98. The smallest absolute Gasteiger partial charge is 0.150 e. The summed E-state index contributed by atoms with van der Waals surface area (Å²) in [5, 5.41) is 0. The minimum Gasteiger partial charge on any atom is -0.497 e. The SMILES string of the molecule is COc1ccc(-c2nc(C3CC3)n(N)c2N)cc1. The number of hydrogen-bond acceptors (Lipinski definition) is 4. The van der Waals surface area contributed by atoms with Gasteiger partial charge in [-0.15, -0.1) is 0 Å². The molecule has 0 radical (unpaired) electrons. The van der Waals surface area contributed by atoms with Gasteiger partial charge in [0.2, 0.25) is 0 Å². The summed E-state index contributed by atoms with van der Waals surface area (Å²) in [6.07, 6.45) is 2.30. The van der Waals surface area contributed by atoms with Crippen molar-refractivity contribution in [2.45, 2.75) is 18.8 Å². The molecule has 5 heteroatoms. The highest BCUT2D eigenvalue weighted by molar-refractivity contribution is 5.71. The molecule has 5 nitrogen and oxygen atoms in total. The number of rotatable bonds is 3. The van der Waals surface area contributed by atoms with Gasteiger partial charge in [-0.25, -0.2) is 9.66 Å². The summed E-state index contributed by atoms with van der Waals surface area (Å²) in [5.74, 6) is 8.63. The second-order valence-corrected chi connectivity index (χ2v) is 4.58. The lowest BCUT2D eigenvalue weighted by atomic mass is 10.1. The van der Waals surface area contributed by atoms with E-state index >= 15 is 0 Å². The standard InChI is InChI=1S/C13H16N4O/c1-18-10-6-4-8(5-7-10)11-12(14)17(15)13(16-11)9-2-3-9/h4-7,9H,2-3,14-15H2,1H3. The molecule has 0 bridgehead atoms. The van der Waals surface area contributed by atoms with Gasteiger partial charge in [0.1, 0.15) is 17.3 Å². The summed E-state index contributed by atoms with van der Waals surface area (Å²) in [7, 11) is 1.64. The Balaban J connectivity index is 2.02. The van der Waals surface area contributed by atoms with Gasteiger partial charge in [-0.3, -0.25) is 0 Å². The van der Waals surface area contributed by atoms with Gasteiger partial charge in [0.15, 0.2) is 5.82 Å². The van der Waals surface area contributed by atoms with Crippen LogP contribution >= 0.6 is 0 Å². The van der Waals surface area contributed by atoms with Crippen molar-refractivity contribution in [2.24, 2.45) is 0 Å². The molecule has 1 aliphatic carbocycles. The van der Waals surface area contributed by atoms with E-state index in [0.29, 0.717) is 11.7 Å². The predicted octanol–water partition coefficient (Wildman–Crippen LogP) is 1.73. The first-order valence-corrected chi connectivity index (χ1v) is 5.98. The average Bonchev–Trinajstić information content (AvgIpc) is 3.19. The zero-order valence-electron chi connectivity index (χ0n) is 10.3. The fourth-order valence-corrected chi connectivity index (χ4v) is 2.05. The molecule has 0 atom stereocenters. The maximum atomic E-state index is 6.02. The van der Waals surface area contributed by atoms with E-state index in [4.69, 9.17) is 16.3 Å². The number of anilines is 1. The maximum absolute atomic E-state index is 6.02. The Labute approximate surface area is 105 Å². The minimum atomic E-state index is 0.476. The van der Waals surface area contributed by atoms with Gasteiger partial charge >= 0.3 is 0 Å². The van der Waals surface area contributed by atoms with Crippen molar-refractivity contribution in [1.29, 1.82) is 0 Å². The highest BCUT2D eigenvalue weighted by atomic mass is 16.5. The minimum absolute atomic E-state index is 0.476. The molecule has 4 N–H and O–H groups in total. The molecular weight excluding hydrogens is 228 g/mol. The third kappa shape index (κ3) is 1.68. The topological polar surface area (TPSA) is 79.1 Å².